The number of anilines is 1. The average Bonchev–Trinajstić information content (AvgIpc) is 3.29. The van der Waals surface area contributed by atoms with E-state index in [0.717, 1.165) is 36.9 Å². The van der Waals surface area contributed by atoms with Crippen LogP contribution in [0.15, 0.2) is 30.5 Å². The van der Waals surface area contributed by atoms with Gasteiger partial charge in [-0.1, -0.05) is 12.1 Å². The third-order valence-electron chi connectivity index (χ3n) is 5.83. The third kappa shape index (κ3) is 4.19. The summed E-state index contributed by atoms with van der Waals surface area (Å²) in [6.07, 6.45) is 5.15. The van der Waals surface area contributed by atoms with Gasteiger partial charge in [0.15, 0.2) is 0 Å². The first-order valence-corrected chi connectivity index (χ1v) is 11.8. The number of nitrogens with zero attached hydrogens (tertiary/aromatic N) is 5. The van der Waals surface area contributed by atoms with Gasteiger partial charge >= 0.3 is 0 Å². The minimum Gasteiger partial charge on any atom is -0.347 e. The summed E-state index contributed by atoms with van der Waals surface area (Å²) < 4.78 is 43.3. The molecule has 30 heavy (non-hydrogen) atoms. The van der Waals surface area contributed by atoms with Crippen molar-refractivity contribution in [2.24, 2.45) is 0 Å². The highest BCUT2D eigenvalue weighted by molar-refractivity contribution is 7.86. The van der Waals surface area contributed by atoms with Crippen molar-refractivity contribution in [3.63, 3.8) is 0 Å². The van der Waals surface area contributed by atoms with Crippen molar-refractivity contribution in [3.05, 3.63) is 42.0 Å². The first-order chi connectivity index (χ1) is 14.4. The van der Waals surface area contributed by atoms with Gasteiger partial charge in [-0.25, -0.2) is 14.4 Å². The highest BCUT2D eigenvalue weighted by Gasteiger charge is 2.36. The van der Waals surface area contributed by atoms with E-state index < -0.39 is 10.2 Å². The summed E-state index contributed by atoms with van der Waals surface area (Å²) in [6.45, 7) is 2.09. The van der Waals surface area contributed by atoms with Gasteiger partial charge in [-0.3, -0.25) is 0 Å². The van der Waals surface area contributed by atoms with Crippen molar-refractivity contribution in [2.45, 2.75) is 31.6 Å². The predicted molar refractivity (Wildman–Crippen MR) is 115 cm³/mol. The summed E-state index contributed by atoms with van der Waals surface area (Å²) in [7, 11) is 0.274. The Bertz CT molecular complexity index is 1010. The summed E-state index contributed by atoms with van der Waals surface area (Å²) in [4.78, 5) is 11.0. The maximum atomic E-state index is 13.9. The maximum absolute atomic E-state index is 13.9. The normalized spacial score (nSPS) is 21.1. The Morgan fingerprint density at radius 3 is 2.53 bits per heavy atom. The molecule has 4 rings (SSSR count). The molecule has 0 bridgehead atoms. The fourth-order valence-electron chi connectivity index (χ4n) is 4.25. The molecule has 2 aliphatic heterocycles. The first kappa shape index (κ1) is 21.1. The predicted octanol–water partition coefficient (Wildman–Crippen LogP) is 2.87. The molecular weight excluding hydrogens is 405 g/mol. The molecule has 0 N–H and O–H groups in total. The lowest BCUT2D eigenvalue weighted by molar-refractivity contribution is 0.290. The number of hydrogen-bond acceptors (Lipinski definition) is 5. The second-order valence-corrected chi connectivity index (χ2v) is 10.1. The average molecular weight is 434 g/mol. The molecule has 1 aromatic carbocycles. The topological polar surface area (TPSA) is 69.6 Å². The van der Waals surface area contributed by atoms with E-state index in [1.165, 1.54) is 12.1 Å². The van der Waals surface area contributed by atoms with Crippen LogP contribution in [0.2, 0.25) is 0 Å². The summed E-state index contributed by atoms with van der Waals surface area (Å²) in [5.41, 5.74) is 2.24. The molecule has 0 saturated carbocycles. The molecular formula is C21H28FN5O2S. The Balaban J connectivity index is 1.70. The largest absolute Gasteiger partial charge is 0.347 e. The summed E-state index contributed by atoms with van der Waals surface area (Å²) in [5.74, 6) is 0.165. The van der Waals surface area contributed by atoms with E-state index in [0.29, 0.717) is 37.7 Å². The second kappa shape index (κ2) is 8.56. The SMILES string of the molecule is CN(C)c1ncc(-c2cccc(F)c2)c([C@H]2CCCN(S(=O)(=O)N3CCCC3)C2)n1. The standard InChI is InChI=1S/C21H28FN5O2S/c1-25(2)21-23-14-19(16-7-5-9-18(22)13-16)20(24-21)17-8-6-12-27(15-17)30(28,29)26-10-3-4-11-26/h5,7,9,13-14,17H,3-4,6,8,10-12,15H2,1-2H3/t17-/m0/s1. The monoisotopic (exact) mass is 433 g/mol. The minimum atomic E-state index is -3.46. The molecule has 9 heteroatoms. The van der Waals surface area contributed by atoms with Gasteiger partial charge in [0.05, 0.1) is 5.69 Å². The van der Waals surface area contributed by atoms with E-state index in [1.54, 1.807) is 20.9 Å². The molecule has 2 fully saturated rings. The van der Waals surface area contributed by atoms with E-state index in [-0.39, 0.29) is 11.7 Å². The van der Waals surface area contributed by atoms with Crippen molar-refractivity contribution in [1.29, 1.82) is 0 Å². The van der Waals surface area contributed by atoms with E-state index in [9.17, 15) is 12.8 Å². The Kier molecular flexibility index (Phi) is 6.04. The molecule has 2 aliphatic rings. The quantitative estimate of drug-likeness (QED) is 0.725. The van der Waals surface area contributed by atoms with Crippen molar-refractivity contribution in [2.75, 3.05) is 45.2 Å². The molecule has 3 heterocycles. The van der Waals surface area contributed by atoms with Crippen LogP contribution in [0, 0.1) is 5.82 Å². The zero-order chi connectivity index (χ0) is 21.3. The van der Waals surface area contributed by atoms with Crippen LogP contribution in [-0.4, -0.2) is 67.3 Å². The smallest absolute Gasteiger partial charge is 0.281 e. The van der Waals surface area contributed by atoms with Crippen LogP contribution in [0.1, 0.15) is 37.3 Å². The lowest BCUT2D eigenvalue weighted by Crippen LogP contribution is -2.46. The second-order valence-electron chi connectivity index (χ2n) is 8.18. The lowest BCUT2D eigenvalue weighted by Gasteiger charge is -2.34. The molecule has 0 amide bonds. The maximum Gasteiger partial charge on any atom is 0.281 e. The van der Waals surface area contributed by atoms with E-state index in [4.69, 9.17) is 4.98 Å². The summed E-state index contributed by atoms with van der Waals surface area (Å²) in [6, 6.07) is 6.38. The molecule has 2 aromatic rings. The van der Waals surface area contributed by atoms with Crippen molar-refractivity contribution >= 4 is 16.2 Å². The molecule has 1 aromatic heterocycles. The lowest BCUT2D eigenvalue weighted by atomic mass is 9.91. The van der Waals surface area contributed by atoms with Gasteiger partial charge in [0.1, 0.15) is 5.82 Å². The zero-order valence-electron chi connectivity index (χ0n) is 17.5. The number of benzene rings is 1. The highest BCUT2D eigenvalue weighted by Crippen LogP contribution is 2.35. The van der Waals surface area contributed by atoms with E-state index in [2.05, 4.69) is 4.98 Å². The van der Waals surface area contributed by atoms with E-state index in [1.807, 2.05) is 25.1 Å². The number of halogens is 1. The number of piperidine rings is 1. The van der Waals surface area contributed by atoms with Crippen LogP contribution in [0.4, 0.5) is 10.3 Å². The molecule has 2 saturated heterocycles. The van der Waals surface area contributed by atoms with Gasteiger partial charge in [-0.05, 0) is 43.4 Å². The Morgan fingerprint density at radius 2 is 1.83 bits per heavy atom. The highest BCUT2D eigenvalue weighted by atomic mass is 32.2. The molecule has 0 unspecified atom stereocenters. The summed E-state index contributed by atoms with van der Waals surface area (Å²) >= 11 is 0. The molecule has 0 spiro atoms. The number of hydrogen-bond donors (Lipinski definition) is 0. The fourth-order valence-corrected chi connectivity index (χ4v) is 6.02. The molecule has 7 nitrogen and oxygen atoms in total. The number of rotatable bonds is 5. The van der Waals surface area contributed by atoms with Crippen LogP contribution < -0.4 is 4.90 Å². The Morgan fingerprint density at radius 1 is 1.10 bits per heavy atom. The van der Waals surface area contributed by atoms with Gasteiger partial charge in [-0.15, -0.1) is 0 Å². The van der Waals surface area contributed by atoms with Gasteiger partial charge in [0.25, 0.3) is 10.2 Å². The first-order valence-electron chi connectivity index (χ1n) is 10.4. The number of aromatic nitrogens is 2. The Hall–Kier alpha value is -2.10. The minimum absolute atomic E-state index is 0.0731. The van der Waals surface area contributed by atoms with Crippen LogP contribution in [0.25, 0.3) is 11.1 Å². The van der Waals surface area contributed by atoms with Crippen LogP contribution in [-0.2, 0) is 10.2 Å². The Labute approximate surface area is 177 Å². The van der Waals surface area contributed by atoms with Crippen molar-refractivity contribution < 1.29 is 12.8 Å². The zero-order valence-corrected chi connectivity index (χ0v) is 18.3. The third-order valence-corrected chi connectivity index (χ3v) is 7.83. The van der Waals surface area contributed by atoms with Gasteiger partial charge in [0, 0.05) is 58.0 Å². The molecule has 162 valence electrons. The van der Waals surface area contributed by atoms with Gasteiger partial charge in [-0.2, -0.15) is 17.0 Å². The van der Waals surface area contributed by atoms with Crippen LogP contribution in [0.5, 0.6) is 0 Å². The van der Waals surface area contributed by atoms with Gasteiger partial charge in [0.2, 0.25) is 5.95 Å². The van der Waals surface area contributed by atoms with E-state index >= 15 is 0 Å². The van der Waals surface area contributed by atoms with Crippen LogP contribution in [0.3, 0.4) is 0 Å². The summed E-state index contributed by atoms with van der Waals surface area (Å²) in [5, 5.41) is 0. The fraction of sp³-hybridized carbons (Fsp3) is 0.524. The van der Waals surface area contributed by atoms with Crippen molar-refractivity contribution in [3.8, 4) is 11.1 Å². The molecule has 0 aliphatic carbocycles. The molecule has 1 atom stereocenters. The van der Waals surface area contributed by atoms with Gasteiger partial charge < -0.3 is 4.90 Å². The van der Waals surface area contributed by atoms with Crippen molar-refractivity contribution in [1.82, 2.24) is 18.6 Å². The molecule has 0 radical (unpaired) electrons. The van der Waals surface area contributed by atoms with Crippen LogP contribution >= 0.6 is 0 Å².